The molecule has 1 radical (unpaired) electrons. The molecule has 3 heteroatoms. The molecule has 1 atom stereocenters. The van der Waals surface area contributed by atoms with E-state index in [-0.39, 0.29) is 13.0 Å². The zero-order valence-corrected chi connectivity index (χ0v) is 4.76. The average molecular weight is 117 g/mol. The van der Waals surface area contributed by atoms with E-state index in [1.165, 1.54) is 6.92 Å². The molecule has 3 nitrogen and oxygen atoms in total. The molecule has 0 aliphatic heterocycles. The van der Waals surface area contributed by atoms with Gasteiger partial charge in [-0.2, -0.15) is 0 Å². The molecule has 0 heterocycles. The Morgan fingerprint density at radius 2 is 2.25 bits per heavy atom. The van der Waals surface area contributed by atoms with Gasteiger partial charge in [-0.15, -0.1) is 0 Å². The maximum absolute atomic E-state index is 9.95. The maximum atomic E-state index is 9.95. The first-order chi connectivity index (χ1) is 3.68. The fraction of sp³-hybridized carbons (Fsp3) is 0.800. The van der Waals surface area contributed by atoms with Crippen molar-refractivity contribution < 1.29 is 15.0 Å². The maximum Gasteiger partial charge on any atom is 0.306 e. The van der Waals surface area contributed by atoms with Gasteiger partial charge in [0.1, 0.15) is 0 Å². The van der Waals surface area contributed by atoms with E-state index in [1.54, 1.807) is 0 Å². The summed E-state index contributed by atoms with van der Waals surface area (Å²) >= 11 is 0. The fourth-order valence-corrected chi connectivity index (χ4v) is 0.300. The van der Waals surface area contributed by atoms with E-state index in [0.717, 1.165) is 0 Å². The highest BCUT2D eigenvalue weighted by Gasteiger charge is 2.08. The predicted octanol–water partition coefficient (Wildman–Crippen LogP) is 0.528. The lowest BCUT2D eigenvalue weighted by atomic mass is 10.1. The van der Waals surface area contributed by atoms with Crippen molar-refractivity contribution in [2.75, 3.05) is 6.61 Å². The summed E-state index contributed by atoms with van der Waals surface area (Å²) < 4.78 is 0. The van der Waals surface area contributed by atoms with Crippen LogP contribution in [-0.4, -0.2) is 17.7 Å². The SMILES string of the molecule is CC(CC[O])C(=O)O. The second-order valence-electron chi connectivity index (χ2n) is 1.73. The Balaban J connectivity index is 3.32. The van der Waals surface area contributed by atoms with Gasteiger partial charge in [0.15, 0.2) is 0 Å². The summed E-state index contributed by atoms with van der Waals surface area (Å²) in [7, 11) is 0. The first-order valence-corrected chi connectivity index (χ1v) is 2.49. The Bertz CT molecular complexity index is 79.7. The molecule has 8 heavy (non-hydrogen) atoms. The first-order valence-electron chi connectivity index (χ1n) is 2.49. The summed E-state index contributed by atoms with van der Waals surface area (Å²) in [6.07, 6.45) is 0.231. The Morgan fingerprint density at radius 1 is 1.75 bits per heavy atom. The van der Waals surface area contributed by atoms with E-state index in [4.69, 9.17) is 5.11 Å². The van der Waals surface area contributed by atoms with Gasteiger partial charge in [-0.05, 0) is 6.42 Å². The molecule has 0 amide bonds. The number of hydrogen-bond donors (Lipinski definition) is 1. The van der Waals surface area contributed by atoms with Crippen molar-refractivity contribution in [2.45, 2.75) is 13.3 Å². The van der Waals surface area contributed by atoms with Gasteiger partial charge in [0.05, 0.1) is 12.5 Å². The van der Waals surface area contributed by atoms with Crippen LogP contribution < -0.4 is 0 Å². The molecule has 0 aromatic carbocycles. The third-order valence-electron chi connectivity index (χ3n) is 0.972. The number of hydrogen-bond acceptors (Lipinski definition) is 1. The van der Waals surface area contributed by atoms with Crippen molar-refractivity contribution in [2.24, 2.45) is 5.92 Å². The zero-order valence-electron chi connectivity index (χ0n) is 4.76. The minimum absolute atomic E-state index is 0.231. The molecule has 0 aromatic heterocycles. The number of carboxylic acids is 1. The molecule has 0 bridgehead atoms. The lowest BCUT2D eigenvalue weighted by molar-refractivity contribution is -0.141. The van der Waals surface area contributed by atoms with Crippen LogP contribution in [0, 0.1) is 5.92 Å². The molecular weight excluding hydrogens is 108 g/mol. The molecule has 47 valence electrons. The molecule has 0 fully saturated rings. The van der Waals surface area contributed by atoms with Crippen molar-refractivity contribution in [1.29, 1.82) is 0 Å². The van der Waals surface area contributed by atoms with Gasteiger partial charge in [0, 0.05) is 0 Å². The molecule has 0 saturated carbocycles. The van der Waals surface area contributed by atoms with Crippen molar-refractivity contribution in [1.82, 2.24) is 0 Å². The number of carbonyl (C=O) groups is 1. The van der Waals surface area contributed by atoms with Gasteiger partial charge in [-0.3, -0.25) is 4.79 Å². The second kappa shape index (κ2) is 3.43. The van der Waals surface area contributed by atoms with Gasteiger partial charge in [-0.1, -0.05) is 6.92 Å². The van der Waals surface area contributed by atoms with Crippen LogP contribution in [0.1, 0.15) is 13.3 Å². The van der Waals surface area contributed by atoms with Crippen molar-refractivity contribution in [3.8, 4) is 0 Å². The smallest absolute Gasteiger partial charge is 0.306 e. The molecule has 0 rings (SSSR count). The van der Waals surface area contributed by atoms with Gasteiger partial charge >= 0.3 is 5.97 Å². The van der Waals surface area contributed by atoms with Crippen LogP contribution in [0.3, 0.4) is 0 Å². The summed E-state index contributed by atoms with van der Waals surface area (Å²) in [5.74, 6) is -1.37. The van der Waals surface area contributed by atoms with E-state index in [1.807, 2.05) is 0 Å². The Labute approximate surface area is 47.9 Å². The standard InChI is InChI=1S/C5H9O3/c1-4(2-3-6)5(7)8/h4H,2-3H2,1H3,(H,7,8). The number of rotatable bonds is 3. The Morgan fingerprint density at radius 3 is 2.38 bits per heavy atom. The summed E-state index contributed by atoms with van der Waals surface area (Å²) in [4.78, 5) is 9.95. The molecule has 0 saturated heterocycles. The third kappa shape index (κ3) is 2.58. The van der Waals surface area contributed by atoms with Crippen LogP contribution >= 0.6 is 0 Å². The lowest BCUT2D eigenvalue weighted by Gasteiger charge is -1.98. The lowest BCUT2D eigenvalue weighted by Crippen LogP contribution is -2.10. The molecule has 0 aromatic rings. The number of carboxylic acid groups (broad SMARTS) is 1. The van der Waals surface area contributed by atoms with E-state index < -0.39 is 11.9 Å². The van der Waals surface area contributed by atoms with Gasteiger partial charge in [-0.25, -0.2) is 5.11 Å². The Hall–Kier alpha value is -0.570. The largest absolute Gasteiger partial charge is 0.481 e. The molecule has 0 aliphatic rings. The summed E-state index contributed by atoms with van der Waals surface area (Å²) in [5.41, 5.74) is 0. The monoisotopic (exact) mass is 117 g/mol. The van der Waals surface area contributed by atoms with Gasteiger partial charge < -0.3 is 5.11 Å². The number of aliphatic carboxylic acids is 1. The van der Waals surface area contributed by atoms with E-state index >= 15 is 0 Å². The van der Waals surface area contributed by atoms with E-state index in [2.05, 4.69) is 0 Å². The predicted molar refractivity (Wildman–Crippen MR) is 27.0 cm³/mol. The van der Waals surface area contributed by atoms with E-state index in [0.29, 0.717) is 0 Å². The normalized spacial score (nSPS) is 13.2. The minimum Gasteiger partial charge on any atom is -0.481 e. The van der Waals surface area contributed by atoms with Gasteiger partial charge in [0.2, 0.25) is 0 Å². The highest BCUT2D eigenvalue weighted by Crippen LogP contribution is 1.98. The molecule has 0 spiro atoms. The molecule has 1 N–H and O–H groups in total. The summed E-state index contributed by atoms with van der Waals surface area (Å²) in [6.45, 7) is 1.23. The quantitative estimate of drug-likeness (QED) is 0.586. The highest BCUT2D eigenvalue weighted by atomic mass is 16.4. The van der Waals surface area contributed by atoms with Gasteiger partial charge in [0.25, 0.3) is 0 Å². The average Bonchev–Trinajstić information content (AvgIpc) is 1.67. The second-order valence-corrected chi connectivity index (χ2v) is 1.73. The zero-order chi connectivity index (χ0) is 6.57. The third-order valence-corrected chi connectivity index (χ3v) is 0.972. The van der Waals surface area contributed by atoms with Crippen molar-refractivity contribution in [3.05, 3.63) is 0 Å². The molecule has 0 aliphatic carbocycles. The minimum atomic E-state index is -0.888. The van der Waals surface area contributed by atoms with Crippen LogP contribution in [0.5, 0.6) is 0 Å². The van der Waals surface area contributed by atoms with Crippen LogP contribution in [-0.2, 0) is 9.90 Å². The van der Waals surface area contributed by atoms with Crippen LogP contribution in [0.15, 0.2) is 0 Å². The van der Waals surface area contributed by atoms with Crippen LogP contribution in [0.25, 0.3) is 0 Å². The van der Waals surface area contributed by atoms with Crippen molar-refractivity contribution in [3.63, 3.8) is 0 Å². The van der Waals surface area contributed by atoms with Crippen LogP contribution in [0.4, 0.5) is 0 Å². The first kappa shape index (κ1) is 7.43. The molecular formula is C5H9O3. The Kier molecular flexibility index (Phi) is 3.19. The van der Waals surface area contributed by atoms with Crippen LogP contribution in [0.2, 0.25) is 0 Å². The summed E-state index contributed by atoms with van der Waals surface area (Å²) in [5, 5.41) is 18.0. The fourth-order valence-electron chi connectivity index (χ4n) is 0.300. The summed E-state index contributed by atoms with van der Waals surface area (Å²) in [6, 6.07) is 0. The van der Waals surface area contributed by atoms with E-state index in [9.17, 15) is 9.90 Å². The molecule has 1 unspecified atom stereocenters. The topological polar surface area (TPSA) is 57.2 Å². The van der Waals surface area contributed by atoms with Crippen molar-refractivity contribution >= 4 is 5.97 Å². The highest BCUT2D eigenvalue weighted by molar-refractivity contribution is 5.69.